The highest BCUT2D eigenvalue weighted by Crippen LogP contribution is 2.19. The molecule has 2 aromatic heterocycles. The molecule has 2 atom stereocenters. The van der Waals surface area contributed by atoms with Gasteiger partial charge in [-0.25, -0.2) is 15.0 Å². The lowest BCUT2D eigenvalue weighted by Crippen LogP contribution is -2.33. The third-order valence-electron chi connectivity index (χ3n) is 2.72. The molecule has 19 heavy (non-hydrogen) atoms. The third-order valence-corrected chi connectivity index (χ3v) is 2.72. The van der Waals surface area contributed by atoms with Gasteiger partial charge in [0.05, 0.1) is 19.0 Å². The van der Waals surface area contributed by atoms with E-state index in [1.807, 2.05) is 0 Å². The van der Waals surface area contributed by atoms with E-state index in [9.17, 15) is 0 Å². The van der Waals surface area contributed by atoms with Gasteiger partial charge >= 0.3 is 0 Å². The Morgan fingerprint density at radius 2 is 2.05 bits per heavy atom. The molecule has 2 rings (SSSR count). The molecular formula is C10H17N7O2. The fourth-order valence-electron chi connectivity index (χ4n) is 1.71. The summed E-state index contributed by atoms with van der Waals surface area (Å²) in [7, 11) is 0. The summed E-state index contributed by atoms with van der Waals surface area (Å²) in [6, 6.07) is 0. The zero-order valence-corrected chi connectivity index (χ0v) is 10.3. The van der Waals surface area contributed by atoms with Crippen LogP contribution in [0.25, 0.3) is 11.2 Å². The van der Waals surface area contributed by atoms with E-state index in [4.69, 9.17) is 27.0 Å². The summed E-state index contributed by atoms with van der Waals surface area (Å²) in [5.74, 6) is 0.289. The number of aromatic nitrogens is 4. The highest BCUT2D eigenvalue weighted by molar-refractivity contribution is 5.81. The number of nitrogens with two attached hydrogens (primary N) is 3. The fraction of sp³-hybridized carbons (Fsp3) is 0.500. The van der Waals surface area contributed by atoms with Crippen molar-refractivity contribution in [3.8, 4) is 0 Å². The van der Waals surface area contributed by atoms with Crippen LogP contribution in [0, 0.1) is 0 Å². The Bertz CT molecular complexity index is 540. The molecule has 0 saturated heterocycles. The minimum Gasteiger partial charge on any atom is -0.394 e. The fourth-order valence-corrected chi connectivity index (χ4v) is 1.71. The third kappa shape index (κ3) is 2.63. The molecule has 0 aliphatic carbocycles. The standard InChI is InChI=1S/C10H17N7O2/c11-1-6(3-18)19-7(2-12)17-5-16-8-9(13)14-4-15-10(8)17/h4-7,18H,1-3,11-12H2,(H2,13,14,15)/t6-,7+/m0/s1. The number of anilines is 1. The predicted molar refractivity (Wildman–Crippen MR) is 68.8 cm³/mol. The lowest BCUT2D eigenvalue weighted by atomic mass is 10.4. The summed E-state index contributed by atoms with van der Waals surface area (Å²) in [4.78, 5) is 12.1. The Morgan fingerprint density at radius 3 is 2.68 bits per heavy atom. The van der Waals surface area contributed by atoms with E-state index >= 15 is 0 Å². The summed E-state index contributed by atoms with van der Waals surface area (Å²) in [6.45, 7) is 0.194. The molecule has 104 valence electrons. The summed E-state index contributed by atoms with van der Waals surface area (Å²) in [6.07, 6.45) is 1.85. The predicted octanol–water partition coefficient (Wildman–Crippen LogP) is -1.80. The number of aliphatic hydroxyl groups is 1. The maximum absolute atomic E-state index is 9.11. The number of rotatable bonds is 6. The number of imidazole rings is 1. The van der Waals surface area contributed by atoms with Crippen LogP contribution in [-0.4, -0.2) is 50.4 Å². The Morgan fingerprint density at radius 1 is 1.26 bits per heavy atom. The van der Waals surface area contributed by atoms with Gasteiger partial charge in [0.15, 0.2) is 11.5 Å². The molecule has 9 heteroatoms. The van der Waals surface area contributed by atoms with Crippen LogP contribution >= 0.6 is 0 Å². The molecule has 2 heterocycles. The molecule has 0 unspecified atom stereocenters. The summed E-state index contributed by atoms with van der Waals surface area (Å²) in [5, 5.41) is 9.11. The Kier molecular flexibility index (Phi) is 4.22. The van der Waals surface area contributed by atoms with Gasteiger partial charge in [0.1, 0.15) is 18.1 Å². The number of aliphatic hydroxyl groups excluding tert-OH is 1. The maximum atomic E-state index is 9.11. The van der Waals surface area contributed by atoms with Crippen molar-refractivity contribution >= 4 is 17.0 Å². The van der Waals surface area contributed by atoms with E-state index in [0.717, 1.165) is 0 Å². The smallest absolute Gasteiger partial charge is 0.167 e. The number of ether oxygens (including phenoxy) is 1. The molecule has 0 aliphatic rings. The van der Waals surface area contributed by atoms with Gasteiger partial charge in [-0.2, -0.15) is 0 Å². The summed E-state index contributed by atoms with van der Waals surface area (Å²) < 4.78 is 7.26. The maximum Gasteiger partial charge on any atom is 0.167 e. The van der Waals surface area contributed by atoms with Gasteiger partial charge in [0, 0.05) is 13.1 Å². The van der Waals surface area contributed by atoms with Crippen LogP contribution in [0.15, 0.2) is 12.7 Å². The lowest BCUT2D eigenvalue weighted by Gasteiger charge is -2.22. The molecule has 9 nitrogen and oxygen atoms in total. The van der Waals surface area contributed by atoms with Crippen molar-refractivity contribution in [1.82, 2.24) is 19.5 Å². The van der Waals surface area contributed by atoms with E-state index in [1.54, 1.807) is 4.57 Å². The lowest BCUT2D eigenvalue weighted by molar-refractivity contribution is -0.0634. The zero-order chi connectivity index (χ0) is 13.8. The van der Waals surface area contributed by atoms with Crippen LogP contribution in [0.1, 0.15) is 6.23 Å². The van der Waals surface area contributed by atoms with E-state index in [1.165, 1.54) is 12.7 Å². The average molecular weight is 267 g/mol. The second-order valence-corrected chi connectivity index (χ2v) is 3.95. The Labute approximate surface area is 109 Å². The largest absolute Gasteiger partial charge is 0.394 e. The van der Waals surface area contributed by atoms with E-state index in [2.05, 4.69) is 15.0 Å². The Hall–Kier alpha value is -1.81. The van der Waals surface area contributed by atoms with Gasteiger partial charge in [0.2, 0.25) is 0 Å². The minimum absolute atomic E-state index is 0.184. The SMILES string of the molecule is NC[C@@H](CO)O[C@H](CN)n1cnc2c(N)ncnc21. The van der Waals surface area contributed by atoms with E-state index < -0.39 is 12.3 Å². The topological polar surface area (TPSA) is 151 Å². The van der Waals surface area contributed by atoms with Gasteiger partial charge in [-0.15, -0.1) is 0 Å². The molecule has 0 saturated carbocycles. The molecule has 0 spiro atoms. The first-order valence-corrected chi connectivity index (χ1v) is 5.80. The molecule has 0 aromatic carbocycles. The Balaban J connectivity index is 2.33. The number of hydrogen-bond donors (Lipinski definition) is 4. The van der Waals surface area contributed by atoms with Crippen molar-refractivity contribution in [1.29, 1.82) is 0 Å². The van der Waals surface area contributed by atoms with Crippen molar-refractivity contribution in [3.05, 3.63) is 12.7 Å². The molecule has 0 radical (unpaired) electrons. The second kappa shape index (κ2) is 5.89. The average Bonchev–Trinajstić information content (AvgIpc) is 2.86. The first kappa shape index (κ1) is 13.6. The molecule has 0 bridgehead atoms. The van der Waals surface area contributed by atoms with Crippen LogP contribution in [0.3, 0.4) is 0 Å². The number of nitrogens with zero attached hydrogens (tertiary/aromatic N) is 4. The van der Waals surface area contributed by atoms with Crippen molar-refractivity contribution in [2.75, 3.05) is 25.4 Å². The summed E-state index contributed by atoms with van der Waals surface area (Å²) >= 11 is 0. The van der Waals surface area contributed by atoms with Crippen molar-refractivity contribution in [2.24, 2.45) is 11.5 Å². The molecule has 0 amide bonds. The quantitative estimate of drug-likeness (QED) is 0.478. The highest BCUT2D eigenvalue weighted by atomic mass is 16.5. The van der Waals surface area contributed by atoms with Crippen molar-refractivity contribution < 1.29 is 9.84 Å². The first-order chi connectivity index (χ1) is 9.21. The second-order valence-electron chi connectivity index (χ2n) is 3.95. The van der Waals surface area contributed by atoms with Gasteiger partial charge < -0.3 is 27.0 Å². The van der Waals surface area contributed by atoms with E-state index in [0.29, 0.717) is 11.2 Å². The van der Waals surface area contributed by atoms with Crippen molar-refractivity contribution in [2.45, 2.75) is 12.3 Å². The van der Waals surface area contributed by atoms with Crippen LogP contribution < -0.4 is 17.2 Å². The summed E-state index contributed by atoms with van der Waals surface area (Å²) in [5.41, 5.74) is 17.9. The first-order valence-electron chi connectivity index (χ1n) is 5.80. The molecule has 0 fully saturated rings. The number of nitrogen functional groups attached to an aromatic ring is 1. The van der Waals surface area contributed by atoms with Gasteiger partial charge in [0.25, 0.3) is 0 Å². The highest BCUT2D eigenvalue weighted by Gasteiger charge is 2.19. The van der Waals surface area contributed by atoms with Crippen molar-refractivity contribution in [3.63, 3.8) is 0 Å². The van der Waals surface area contributed by atoms with Crippen LogP contribution in [0.5, 0.6) is 0 Å². The minimum atomic E-state index is -0.528. The van der Waals surface area contributed by atoms with E-state index in [-0.39, 0.29) is 25.5 Å². The molecule has 0 aliphatic heterocycles. The van der Waals surface area contributed by atoms with Gasteiger partial charge in [-0.3, -0.25) is 4.57 Å². The number of hydrogen-bond acceptors (Lipinski definition) is 8. The van der Waals surface area contributed by atoms with Gasteiger partial charge in [-0.1, -0.05) is 0 Å². The van der Waals surface area contributed by atoms with Crippen LogP contribution in [-0.2, 0) is 4.74 Å². The van der Waals surface area contributed by atoms with Crippen LogP contribution in [0.2, 0.25) is 0 Å². The molecule has 7 N–H and O–H groups in total. The molecular weight excluding hydrogens is 250 g/mol. The molecule has 2 aromatic rings. The van der Waals surface area contributed by atoms with Gasteiger partial charge in [-0.05, 0) is 0 Å². The normalized spacial score (nSPS) is 14.7. The number of fused-ring (bicyclic) bond motifs is 1. The zero-order valence-electron chi connectivity index (χ0n) is 10.3. The van der Waals surface area contributed by atoms with Crippen LogP contribution in [0.4, 0.5) is 5.82 Å². The monoisotopic (exact) mass is 267 g/mol.